The Morgan fingerprint density at radius 2 is 1.79 bits per heavy atom. The summed E-state index contributed by atoms with van der Waals surface area (Å²) in [5, 5.41) is 0. The van der Waals surface area contributed by atoms with Crippen molar-refractivity contribution in [1.29, 1.82) is 0 Å². The van der Waals surface area contributed by atoms with Gasteiger partial charge >= 0.3 is 0 Å². The fourth-order valence-electron chi connectivity index (χ4n) is 2.75. The summed E-state index contributed by atoms with van der Waals surface area (Å²) < 4.78 is 0. The van der Waals surface area contributed by atoms with Crippen LogP contribution in [0.4, 0.5) is 5.69 Å². The van der Waals surface area contributed by atoms with Crippen LogP contribution in [0.15, 0.2) is 30.3 Å². The second-order valence-corrected chi connectivity index (χ2v) is 5.45. The van der Waals surface area contributed by atoms with E-state index in [1.807, 2.05) is 0 Å². The molecule has 0 saturated heterocycles. The molecule has 0 aliphatic rings. The standard InChI is InChI=1S/C17H30N2/c1-4-6-13-19(16-11-8-7-9-12-16)17(14-18)15(3)10-5-2/h7-9,11-12,15,17H,4-6,10,13-14,18H2,1-3H3. The molecule has 0 bridgehead atoms. The fourth-order valence-corrected chi connectivity index (χ4v) is 2.75. The van der Waals surface area contributed by atoms with Gasteiger partial charge in [0.05, 0.1) is 0 Å². The van der Waals surface area contributed by atoms with Gasteiger partial charge in [0.25, 0.3) is 0 Å². The van der Waals surface area contributed by atoms with Crippen LogP contribution < -0.4 is 10.6 Å². The Morgan fingerprint density at radius 3 is 2.32 bits per heavy atom. The number of benzene rings is 1. The van der Waals surface area contributed by atoms with Crippen molar-refractivity contribution in [2.45, 2.75) is 52.5 Å². The lowest BCUT2D eigenvalue weighted by atomic mass is 9.94. The molecule has 0 aromatic heterocycles. The van der Waals surface area contributed by atoms with Crippen molar-refractivity contribution < 1.29 is 0 Å². The summed E-state index contributed by atoms with van der Waals surface area (Å²) in [6.45, 7) is 8.68. The van der Waals surface area contributed by atoms with Crippen LogP contribution in [-0.4, -0.2) is 19.1 Å². The van der Waals surface area contributed by atoms with Gasteiger partial charge in [0.15, 0.2) is 0 Å². The van der Waals surface area contributed by atoms with Crippen molar-refractivity contribution in [3.8, 4) is 0 Å². The van der Waals surface area contributed by atoms with Crippen LogP contribution in [0.25, 0.3) is 0 Å². The molecule has 1 rings (SSSR count). The highest BCUT2D eigenvalue weighted by Gasteiger charge is 2.22. The van der Waals surface area contributed by atoms with Crippen LogP contribution >= 0.6 is 0 Å². The van der Waals surface area contributed by atoms with Gasteiger partial charge in [-0.3, -0.25) is 0 Å². The molecule has 0 heterocycles. The van der Waals surface area contributed by atoms with Crippen LogP contribution in [0.2, 0.25) is 0 Å². The zero-order valence-corrected chi connectivity index (χ0v) is 12.8. The van der Waals surface area contributed by atoms with Gasteiger partial charge in [0.2, 0.25) is 0 Å². The van der Waals surface area contributed by atoms with Gasteiger partial charge < -0.3 is 10.6 Å². The summed E-state index contributed by atoms with van der Waals surface area (Å²) in [6.07, 6.45) is 4.93. The van der Waals surface area contributed by atoms with Crippen molar-refractivity contribution in [3.63, 3.8) is 0 Å². The normalized spacial score (nSPS) is 14.1. The van der Waals surface area contributed by atoms with Crippen LogP contribution in [0.1, 0.15) is 46.5 Å². The molecule has 2 heteroatoms. The van der Waals surface area contributed by atoms with E-state index in [-0.39, 0.29) is 0 Å². The fraction of sp³-hybridized carbons (Fsp3) is 0.647. The number of rotatable bonds is 9. The number of nitrogens with zero attached hydrogens (tertiary/aromatic N) is 1. The summed E-state index contributed by atoms with van der Waals surface area (Å²) in [7, 11) is 0. The van der Waals surface area contributed by atoms with Crippen molar-refractivity contribution in [2.75, 3.05) is 18.0 Å². The van der Waals surface area contributed by atoms with E-state index in [9.17, 15) is 0 Å². The molecule has 0 fully saturated rings. The average molecular weight is 262 g/mol. The van der Waals surface area contributed by atoms with Crippen LogP contribution in [-0.2, 0) is 0 Å². The van der Waals surface area contributed by atoms with Crippen molar-refractivity contribution in [2.24, 2.45) is 11.7 Å². The first-order chi connectivity index (χ1) is 9.24. The van der Waals surface area contributed by atoms with Crippen LogP contribution in [0.3, 0.4) is 0 Å². The number of unbranched alkanes of at least 4 members (excludes halogenated alkanes) is 1. The second kappa shape index (κ2) is 8.98. The molecule has 0 radical (unpaired) electrons. The van der Waals surface area contributed by atoms with Gasteiger partial charge in [0.1, 0.15) is 0 Å². The second-order valence-electron chi connectivity index (χ2n) is 5.45. The Morgan fingerprint density at radius 1 is 1.11 bits per heavy atom. The third-order valence-electron chi connectivity index (χ3n) is 3.88. The Balaban J connectivity index is 2.87. The zero-order valence-electron chi connectivity index (χ0n) is 12.8. The highest BCUT2D eigenvalue weighted by Crippen LogP contribution is 2.23. The first kappa shape index (κ1) is 16.0. The molecule has 0 saturated carbocycles. The third kappa shape index (κ3) is 4.87. The molecule has 0 aliphatic heterocycles. The monoisotopic (exact) mass is 262 g/mol. The largest absolute Gasteiger partial charge is 0.367 e. The Bertz CT molecular complexity index is 323. The number of nitrogens with two attached hydrogens (primary N) is 1. The van der Waals surface area contributed by atoms with Gasteiger partial charge in [-0.15, -0.1) is 0 Å². The van der Waals surface area contributed by atoms with E-state index in [2.05, 4.69) is 56.0 Å². The van der Waals surface area contributed by atoms with E-state index in [1.165, 1.54) is 31.4 Å². The lowest BCUT2D eigenvalue weighted by Crippen LogP contribution is -2.45. The molecule has 1 aromatic carbocycles. The maximum absolute atomic E-state index is 6.07. The van der Waals surface area contributed by atoms with Crippen LogP contribution in [0.5, 0.6) is 0 Å². The molecule has 0 aliphatic carbocycles. The summed E-state index contributed by atoms with van der Waals surface area (Å²) in [5.74, 6) is 0.645. The Kier molecular flexibility index (Phi) is 7.57. The van der Waals surface area contributed by atoms with Gasteiger partial charge in [-0.25, -0.2) is 0 Å². The molecule has 2 atom stereocenters. The maximum atomic E-state index is 6.07. The van der Waals surface area contributed by atoms with Gasteiger partial charge in [-0.05, 0) is 30.9 Å². The minimum Gasteiger partial charge on any atom is -0.367 e. The van der Waals surface area contributed by atoms with Gasteiger partial charge in [0, 0.05) is 24.8 Å². The Hall–Kier alpha value is -1.02. The van der Waals surface area contributed by atoms with E-state index < -0.39 is 0 Å². The quantitative estimate of drug-likeness (QED) is 0.727. The molecule has 1 aromatic rings. The van der Waals surface area contributed by atoms with Crippen molar-refractivity contribution in [1.82, 2.24) is 0 Å². The summed E-state index contributed by atoms with van der Waals surface area (Å²) in [5.41, 5.74) is 7.39. The smallest absolute Gasteiger partial charge is 0.0437 e. The third-order valence-corrected chi connectivity index (χ3v) is 3.88. The van der Waals surface area contributed by atoms with Crippen molar-refractivity contribution in [3.05, 3.63) is 30.3 Å². The molecular weight excluding hydrogens is 232 g/mol. The minimum atomic E-state index is 0.453. The number of hydrogen-bond donors (Lipinski definition) is 1. The molecule has 0 amide bonds. The number of para-hydroxylation sites is 1. The van der Waals surface area contributed by atoms with Gasteiger partial charge in [-0.1, -0.05) is 51.8 Å². The maximum Gasteiger partial charge on any atom is 0.0437 e. The van der Waals surface area contributed by atoms with E-state index in [4.69, 9.17) is 5.73 Å². The number of hydrogen-bond acceptors (Lipinski definition) is 2. The summed E-state index contributed by atoms with van der Waals surface area (Å²) in [6, 6.07) is 11.2. The molecule has 19 heavy (non-hydrogen) atoms. The SMILES string of the molecule is CCCCN(c1ccccc1)C(CN)C(C)CCC. The van der Waals surface area contributed by atoms with E-state index in [1.54, 1.807) is 0 Å². The number of anilines is 1. The van der Waals surface area contributed by atoms with Gasteiger partial charge in [-0.2, -0.15) is 0 Å². The highest BCUT2D eigenvalue weighted by atomic mass is 15.2. The molecule has 0 spiro atoms. The highest BCUT2D eigenvalue weighted by molar-refractivity contribution is 5.47. The lowest BCUT2D eigenvalue weighted by Gasteiger charge is -2.37. The molecular formula is C17H30N2. The van der Waals surface area contributed by atoms with Crippen molar-refractivity contribution >= 4 is 5.69 Å². The summed E-state index contributed by atoms with van der Waals surface area (Å²) in [4.78, 5) is 2.52. The predicted molar refractivity (Wildman–Crippen MR) is 85.6 cm³/mol. The Labute approximate surface area is 119 Å². The summed E-state index contributed by atoms with van der Waals surface area (Å²) >= 11 is 0. The van der Waals surface area contributed by atoms with E-state index in [0.29, 0.717) is 12.0 Å². The molecule has 2 N–H and O–H groups in total. The first-order valence-corrected chi connectivity index (χ1v) is 7.76. The predicted octanol–water partition coefficient (Wildman–Crippen LogP) is 4.06. The first-order valence-electron chi connectivity index (χ1n) is 7.76. The topological polar surface area (TPSA) is 29.3 Å². The lowest BCUT2D eigenvalue weighted by molar-refractivity contribution is 0.399. The van der Waals surface area contributed by atoms with E-state index >= 15 is 0 Å². The van der Waals surface area contributed by atoms with Crippen LogP contribution in [0, 0.1) is 5.92 Å². The molecule has 2 unspecified atom stereocenters. The average Bonchev–Trinajstić information content (AvgIpc) is 2.44. The molecule has 2 nitrogen and oxygen atoms in total. The molecule has 108 valence electrons. The minimum absolute atomic E-state index is 0.453. The van der Waals surface area contributed by atoms with E-state index in [0.717, 1.165) is 13.1 Å². The zero-order chi connectivity index (χ0) is 14.1.